The van der Waals surface area contributed by atoms with Crippen molar-refractivity contribution in [2.45, 2.75) is 72.1 Å². The van der Waals surface area contributed by atoms with Crippen molar-refractivity contribution in [3.8, 4) is 11.1 Å². The molecule has 0 radical (unpaired) electrons. The van der Waals surface area contributed by atoms with E-state index in [1.54, 1.807) is 5.57 Å². The zero-order valence-corrected chi connectivity index (χ0v) is 34.1. The van der Waals surface area contributed by atoms with Crippen molar-refractivity contribution in [3.63, 3.8) is 0 Å². The molecule has 2 unspecified atom stereocenters. The van der Waals surface area contributed by atoms with Crippen LogP contribution in [-0.4, -0.2) is 10.8 Å². The summed E-state index contributed by atoms with van der Waals surface area (Å²) in [5.74, 6) is 0.936. The van der Waals surface area contributed by atoms with Gasteiger partial charge in [0.25, 0.3) is 0 Å². The molecule has 3 aromatic carbocycles. The third kappa shape index (κ3) is 6.53. The lowest BCUT2D eigenvalue weighted by Gasteiger charge is -2.33. The first-order chi connectivity index (χ1) is 27.7. The van der Waals surface area contributed by atoms with Gasteiger partial charge in [-0.15, -0.1) is 0 Å². The van der Waals surface area contributed by atoms with Gasteiger partial charge in [-0.3, -0.25) is 4.99 Å². The molecular weight excluding hydrogens is 691 g/mol. The molecule has 0 amide bonds. The van der Waals surface area contributed by atoms with Crippen LogP contribution in [0.5, 0.6) is 0 Å². The lowest BCUT2D eigenvalue weighted by Crippen LogP contribution is -2.23. The molecule has 3 heteroatoms. The van der Waals surface area contributed by atoms with Gasteiger partial charge >= 0.3 is 0 Å². The summed E-state index contributed by atoms with van der Waals surface area (Å²) in [6.45, 7) is 15.6. The second-order valence-electron chi connectivity index (χ2n) is 16.9. The molecule has 2 atom stereocenters. The summed E-state index contributed by atoms with van der Waals surface area (Å²) in [7, 11) is 0. The third-order valence-electron chi connectivity index (χ3n) is 12.7. The van der Waals surface area contributed by atoms with E-state index in [2.05, 4.69) is 177 Å². The highest BCUT2D eigenvalue weighted by atomic mass is 15.1. The van der Waals surface area contributed by atoms with E-state index in [0.717, 1.165) is 37.8 Å². The minimum absolute atomic E-state index is 0.0321. The van der Waals surface area contributed by atoms with Gasteiger partial charge in [-0.25, -0.2) is 0 Å². The summed E-state index contributed by atoms with van der Waals surface area (Å²) in [5, 5.41) is 1.34. The van der Waals surface area contributed by atoms with Gasteiger partial charge in [0.2, 0.25) is 0 Å². The Morgan fingerprint density at radius 2 is 1.75 bits per heavy atom. The average Bonchev–Trinajstić information content (AvgIpc) is 3.48. The van der Waals surface area contributed by atoms with Gasteiger partial charge in [0.15, 0.2) is 0 Å². The molecule has 1 aromatic heterocycles. The lowest BCUT2D eigenvalue weighted by molar-refractivity contribution is 0.530. The predicted octanol–water partition coefficient (Wildman–Crippen LogP) is 14.4. The first-order valence-electron chi connectivity index (χ1n) is 20.8. The van der Waals surface area contributed by atoms with E-state index in [0.29, 0.717) is 11.8 Å². The fraction of sp³-hybridized carbons (Fsp3) is 0.241. The molecule has 284 valence electrons. The maximum Gasteiger partial charge on any atom is 0.0534 e. The quantitative estimate of drug-likeness (QED) is 0.165. The molecule has 0 spiro atoms. The monoisotopic (exact) mass is 743 g/mol. The number of benzene rings is 3. The van der Waals surface area contributed by atoms with Crippen molar-refractivity contribution in [3.05, 3.63) is 185 Å². The van der Waals surface area contributed by atoms with E-state index in [1.807, 2.05) is 24.6 Å². The number of rotatable bonds is 8. The third-order valence-corrected chi connectivity index (χ3v) is 12.7. The van der Waals surface area contributed by atoms with Crippen molar-refractivity contribution in [1.82, 2.24) is 4.57 Å². The molecule has 1 aliphatic heterocycles. The smallest absolute Gasteiger partial charge is 0.0534 e. The van der Waals surface area contributed by atoms with Gasteiger partial charge in [0, 0.05) is 58.1 Å². The summed E-state index contributed by atoms with van der Waals surface area (Å²) in [4.78, 5) is 6.93. The molecule has 4 aliphatic carbocycles. The number of aromatic nitrogens is 1. The van der Waals surface area contributed by atoms with E-state index in [-0.39, 0.29) is 5.41 Å². The highest BCUT2D eigenvalue weighted by molar-refractivity contribution is 5.95. The summed E-state index contributed by atoms with van der Waals surface area (Å²) < 4.78 is 2.41. The van der Waals surface area contributed by atoms with Crippen LogP contribution in [0.3, 0.4) is 0 Å². The van der Waals surface area contributed by atoms with Crippen LogP contribution in [0.15, 0.2) is 168 Å². The maximum absolute atomic E-state index is 4.43. The summed E-state index contributed by atoms with van der Waals surface area (Å²) in [6, 6.07) is 23.5. The molecule has 0 saturated heterocycles. The van der Waals surface area contributed by atoms with Crippen LogP contribution in [0, 0.1) is 11.8 Å². The minimum atomic E-state index is -0.0321. The second kappa shape index (κ2) is 14.9. The number of fused-ring (bicyclic) bond motifs is 5. The standard InChI is InChI=1S/C54H53N3/c1-7-8-9-15-38(4)56-51-19-11-10-17-47(51)49-34-41(22-27-52(49)56)40-20-23-43(24-21-40)57(45-32-36(2)31-42(33-45)39-16-13-29-55-30-28-39)44-25-26-46-48-18-12-14-37(3)53(48)54(5,6)50(46)35-44/h7-9,11-13,15-16,18-27,29-30,32-37H,1,10,14,17,28,31H2,2-6H3/b9-8-,38-15+. The highest BCUT2D eigenvalue weighted by Crippen LogP contribution is 2.53. The van der Waals surface area contributed by atoms with Gasteiger partial charge < -0.3 is 9.47 Å². The van der Waals surface area contributed by atoms with E-state index in [1.165, 1.54) is 78.2 Å². The lowest BCUT2D eigenvalue weighted by atomic mass is 9.74. The fourth-order valence-corrected chi connectivity index (χ4v) is 10.1. The van der Waals surface area contributed by atoms with E-state index in [4.69, 9.17) is 0 Å². The average molecular weight is 744 g/mol. The van der Waals surface area contributed by atoms with E-state index < -0.39 is 0 Å². The molecule has 57 heavy (non-hydrogen) atoms. The molecule has 0 saturated carbocycles. The molecule has 4 aromatic rings. The summed E-state index contributed by atoms with van der Waals surface area (Å²) >= 11 is 0. The molecule has 2 heterocycles. The topological polar surface area (TPSA) is 20.5 Å². The number of aryl methyl sites for hydroxylation is 1. The van der Waals surface area contributed by atoms with Gasteiger partial charge in [0.1, 0.15) is 0 Å². The van der Waals surface area contributed by atoms with Gasteiger partial charge in [0.05, 0.1) is 5.52 Å². The normalized spacial score (nSPS) is 20.9. The Balaban J connectivity index is 1.13. The van der Waals surface area contributed by atoms with Crippen LogP contribution in [0.1, 0.15) is 82.7 Å². The molecule has 0 bridgehead atoms. The Morgan fingerprint density at radius 1 is 0.930 bits per heavy atom. The van der Waals surface area contributed by atoms with Gasteiger partial charge in [-0.2, -0.15) is 0 Å². The number of aliphatic imine (C=N–C) groups is 1. The second-order valence-corrected chi connectivity index (χ2v) is 16.9. The van der Waals surface area contributed by atoms with Crippen molar-refractivity contribution in [1.29, 1.82) is 0 Å². The molecule has 5 aliphatic rings. The van der Waals surface area contributed by atoms with Crippen molar-refractivity contribution < 1.29 is 0 Å². The van der Waals surface area contributed by atoms with Crippen molar-refractivity contribution in [2.75, 3.05) is 4.90 Å². The fourth-order valence-electron chi connectivity index (χ4n) is 10.1. The summed E-state index contributed by atoms with van der Waals surface area (Å²) in [5.41, 5.74) is 19.7. The van der Waals surface area contributed by atoms with Crippen molar-refractivity contribution >= 4 is 45.8 Å². The Labute approximate surface area is 339 Å². The Kier molecular flexibility index (Phi) is 9.57. The van der Waals surface area contributed by atoms with E-state index >= 15 is 0 Å². The Hall–Kier alpha value is -5.93. The number of hydrogen-bond acceptors (Lipinski definition) is 2. The van der Waals surface area contributed by atoms with Crippen molar-refractivity contribution in [2.24, 2.45) is 16.8 Å². The molecule has 3 nitrogen and oxygen atoms in total. The van der Waals surface area contributed by atoms with E-state index in [9.17, 15) is 0 Å². The Morgan fingerprint density at radius 3 is 2.60 bits per heavy atom. The predicted molar refractivity (Wildman–Crippen MR) is 246 cm³/mol. The molecule has 0 fully saturated rings. The van der Waals surface area contributed by atoms with Crippen LogP contribution < -0.4 is 4.90 Å². The van der Waals surface area contributed by atoms with Crippen LogP contribution in [-0.2, 0) is 11.8 Å². The highest BCUT2D eigenvalue weighted by Gasteiger charge is 2.40. The largest absolute Gasteiger partial charge is 0.314 e. The van der Waals surface area contributed by atoms with Crippen LogP contribution in [0.25, 0.3) is 39.4 Å². The SMILES string of the molecule is C=C/C=C\C=C(/C)n1c2c(c3cc(-c4ccc(N(C5=CC(C)CC(C6=CC=CN=CC6)=C5)c5ccc6c(c5)C(C)(C)C5=C6C=CCC5C)cc4)ccc31)CCC=C2. The molecule has 0 N–H and O–H groups in total. The van der Waals surface area contributed by atoms with Crippen LogP contribution in [0.2, 0.25) is 0 Å². The molecular formula is C54H53N3. The first-order valence-corrected chi connectivity index (χ1v) is 20.8. The maximum atomic E-state index is 4.43. The number of anilines is 2. The number of allylic oxidation sites excluding steroid dienone is 16. The molecule has 9 rings (SSSR count). The minimum Gasteiger partial charge on any atom is -0.314 e. The van der Waals surface area contributed by atoms with Crippen LogP contribution in [0.4, 0.5) is 11.4 Å². The van der Waals surface area contributed by atoms with Gasteiger partial charge in [-0.1, -0.05) is 107 Å². The van der Waals surface area contributed by atoms with Crippen LogP contribution >= 0.6 is 0 Å². The summed E-state index contributed by atoms with van der Waals surface area (Å²) in [6.07, 6.45) is 35.6. The first kappa shape index (κ1) is 36.7. The zero-order chi connectivity index (χ0) is 39.3. The zero-order valence-electron chi connectivity index (χ0n) is 34.1. The number of nitrogens with zero attached hydrogens (tertiary/aromatic N) is 3. The van der Waals surface area contributed by atoms with Gasteiger partial charge in [-0.05, 0) is 155 Å². The Bertz CT molecular complexity index is 2610. The number of hydrogen-bond donors (Lipinski definition) is 0.